The lowest BCUT2D eigenvalue weighted by Gasteiger charge is -2.14. The predicted octanol–water partition coefficient (Wildman–Crippen LogP) is 0.574. The number of benzene rings is 1. The second kappa shape index (κ2) is 7.60. The maximum absolute atomic E-state index is 11.5. The minimum atomic E-state index is -0.00532. The number of likely N-dealkylation sites (N-methyl/N-ethyl adjacent to an activating group) is 1. The van der Waals surface area contributed by atoms with E-state index in [0.717, 1.165) is 11.4 Å². The molecule has 1 aromatic carbocycles. The Labute approximate surface area is 116 Å². The molecule has 0 heterocycles. The number of hydrogen-bond acceptors (Lipinski definition) is 1. The van der Waals surface area contributed by atoms with Crippen LogP contribution in [0.25, 0.3) is 0 Å². The molecule has 2 N–H and O–H groups in total. The highest BCUT2D eigenvalue weighted by molar-refractivity contribution is 5.77. The van der Waals surface area contributed by atoms with Crippen molar-refractivity contribution in [2.24, 2.45) is 0 Å². The number of carbonyl (C=O) groups excluding carboxylic acids is 1. The summed E-state index contributed by atoms with van der Waals surface area (Å²) >= 11 is 0. The van der Waals surface area contributed by atoms with E-state index in [4.69, 9.17) is 6.42 Å². The molecule has 0 saturated carbocycles. The number of quaternary nitrogens is 1. The zero-order valence-electron chi connectivity index (χ0n) is 12.0. The van der Waals surface area contributed by atoms with Gasteiger partial charge in [-0.3, -0.25) is 4.79 Å². The van der Waals surface area contributed by atoms with Gasteiger partial charge in [0.2, 0.25) is 0 Å². The Morgan fingerprint density at radius 3 is 2.53 bits per heavy atom. The van der Waals surface area contributed by atoms with Crippen molar-refractivity contribution < 1.29 is 9.69 Å². The first kappa shape index (κ1) is 15.3. The molecule has 0 aromatic heterocycles. The van der Waals surface area contributed by atoms with Crippen molar-refractivity contribution in [1.82, 2.24) is 5.32 Å². The van der Waals surface area contributed by atoms with Crippen molar-refractivity contribution in [3.8, 4) is 12.3 Å². The maximum Gasteiger partial charge on any atom is 0.275 e. The molecule has 0 aliphatic rings. The van der Waals surface area contributed by atoms with Crippen LogP contribution in [0, 0.1) is 12.3 Å². The van der Waals surface area contributed by atoms with Crippen molar-refractivity contribution >= 4 is 5.91 Å². The van der Waals surface area contributed by atoms with Gasteiger partial charge in [0.1, 0.15) is 6.54 Å². The molecule has 1 amide bonds. The monoisotopic (exact) mass is 259 g/mol. The fourth-order valence-electron chi connectivity index (χ4n) is 1.92. The lowest BCUT2D eigenvalue weighted by atomic mass is 10.0. The summed E-state index contributed by atoms with van der Waals surface area (Å²) in [5.74, 6) is 2.94. The Morgan fingerprint density at radius 2 is 2.00 bits per heavy atom. The van der Waals surface area contributed by atoms with Gasteiger partial charge in [-0.15, -0.1) is 6.42 Å². The van der Waals surface area contributed by atoms with Gasteiger partial charge in [0, 0.05) is 5.56 Å². The molecule has 0 saturated heterocycles. The van der Waals surface area contributed by atoms with Crippen molar-refractivity contribution in [3.63, 3.8) is 0 Å². The van der Waals surface area contributed by atoms with Gasteiger partial charge in [0.15, 0.2) is 6.54 Å². The van der Waals surface area contributed by atoms with Crippen LogP contribution < -0.4 is 10.2 Å². The first-order valence-electron chi connectivity index (χ1n) is 6.63. The Morgan fingerprint density at radius 1 is 1.37 bits per heavy atom. The van der Waals surface area contributed by atoms with Crippen LogP contribution in [-0.4, -0.2) is 26.0 Å². The highest BCUT2D eigenvalue weighted by Crippen LogP contribution is 2.14. The van der Waals surface area contributed by atoms with Gasteiger partial charge in [-0.25, -0.2) is 0 Å². The minimum absolute atomic E-state index is 0.00532. The van der Waals surface area contributed by atoms with Crippen molar-refractivity contribution in [2.45, 2.75) is 26.3 Å². The van der Waals surface area contributed by atoms with Crippen molar-refractivity contribution in [1.29, 1.82) is 0 Å². The van der Waals surface area contributed by atoms with E-state index in [2.05, 4.69) is 49.4 Å². The average molecular weight is 259 g/mol. The molecule has 0 radical (unpaired) electrons. The standard InChI is InChI=1S/C16H22N2O/c1-5-10-17-16(19)12-18(4)11-14-6-8-15(9-7-14)13(2)3/h1,6-9,13H,10-12H2,2-4H3,(H,17,19)/p+1. The van der Waals surface area contributed by atoms with E-state index in [1.54, 1.807) is 0 Å². The number of carbonyl (C=O) groups is 1. The van der Waals surface area contributed by atoms with Gasteiger partial charge in [0.05, 0.1) is 13.6 Å². The maximum atomic E-state index is 11.5. The van der Waals surface area contributed by atoms with Crippen LogP contribution in [0.1, 0.15) is 30.9 Å². The molecule has 1 unspecified atom stereocenters. The summed E-state index contributed by atoms with van der Waals surface area (Å²) in [7, 11) is 2.01. The normalized spacial score (nSPS) is 11.9. The summed E-state index contributed by atoms with van der Waals surface area (Å²) in [4.78, 5) is 12.7. The average Bonchev–Trinajstić information content (AvgIpc) is 2.36. The Balaban J connectivity index is 2.46. The summed E-state index contributed by atoms with van der Waals surface area (Å²) in [6.07, 6.45) is 5.10. The molecular weight excluding hydrogens is 236 g/mol. The Kier molecular flexibility index (Phi) is 6.11. The lowest BCUT2D eigenvalue weighted by Crippen LogP contribution is -3.08. The molecule has 1 aromatic rings. The topological polar surface area (TPSA) is 33.5 Å². The molecule has 0 aliphatic heterocycles. The first-order chi connectivity index (χ1) is 9.02. The Hall–Kier alpha value is -1.79. The van der Waals surface area contributed by atoms with E-state index in [1.807, 2.05) is 7.05 Å². The quantitative estimate of drug-likeness (QED) is 0.720. The smallest absolute Gasteiger partial charge is 0.275 e. The fourth-order valence-corrected chi connectivity index (χ4v) is 1.92. The zero-order chi connectivity index (χ0) is 14.3. The third kappa shape index (κ3) is 5.58. The third-order valence-electron chi connectivity index (χ3n) is 3.00. The molecule has 102 valence electrons. The van der Waals surface area contributed by atoms with Gasteiger partial charge in [0.25, 0.3) is 5.91 Å². The number of terminal acetylenes is 1. The van der Waals surface area contributed by atoms with Gasteiger partial charge in [-0.05, 0) is 11.5 Å². The van der Waals surface area contributed by atoms with Crippen LogP contribution >= 0.6 is 0 Å². The van der Waals surface area contributed by atoms with Crippen LogP contribution in [-0.2, 0) is 11.3 Å². The van der Waals surface area contributed by atoms with E-state index in [1.165, 1.54) is 11.1 Å². The summed E-state index contributed by atoms with van der Waals surface area (Å²) in [5, 5.41) is 2.68. The van der Waals surface area contributed by atoms with E-state index in [9.17, 15) is 4.79 Å². The predicted molar refractivity (Wildman–Crippen MR) is 77.8 cm³/mol. The van der Waals surface area contributed by atoms with Gasteiger partial charge < -0.3 is 10.2 Å². The highest BCUT2D eigenvalue weighted by Gasteiger charge is 2.09. The first-order valence-corrected chi connectivity index (χ1v) is 6.63. The lowest BCUT2D eigenvalue weighted by molar-refractivity contribution is -0.885. The van der Waals surface area contributed by atoms with Crippen LogP contribution in [0.5, 0.6) is 0 Å². The van der Waals surface area contributed by atoms with Crippen molar-refractivity contribution in [2.75, 3.05) is 20.1 Å². The van der Waals surface area contributed by atoms with Crippen LogP contribution in [0.2, 0.25) is 0 Å². The second-order valence-corrected chi connectivity index (χ2v) is 5.19. The molecular formula is C16H23N2O+. The molecule has 19 heavy (non-hydrogen) atoms. The molecule has 1 rings (SSSR count). The number of rotatable bonds is 6. The summed E-state index contributed by atoms with van der Waals surface area (Å²) < 4.78 is 0. The number of nitrogens with one attached hydrogen (secondary N) is 2. The molecule has 0 spiro atoms. The van der Waals surface area contributed by atoms with Crippen LogP contribution in [0.4, 0.5) is 0 Å². The summed E-state index contributed by atoms with van der Waals surface area (Å²) in [5.41, 5.74) is 2.58. The largest absolute Gasteiger partial charge is 0.340 e. The molecule has 0 bridgehead atoms. The minimum Gasteiger partial charge on any atom is -0.340 e. The molecule has 3 nitrogen and oxygen atoms in total. The number of hydrogen-bond donors (Lipinski definition) is 2. The molecule has 3 heteroatoms. The van der Waals surface area contributed by atoms with E-state index in [-0.39, 0.29) is 5.91 Å². The second-order valence-electron chi connectivity index (χ2n) is 5.19. The number of amides is 1. The van der Waals surface area contributed by atoms with Gasteiger partial charge >= 0.3 is 0 Å². The van der Waals surface area contributed by atoms with E-state index in [0.29, 0.717) is 19.0 Å². The fraction of sp³-hybridized carbons (Fsp3) is 0.438. The summed E-state index contributed by atoms with van der Waals surface area (Å²) in [6.45, 7) is 5.94. The molecule has 1 atom stereocenters. The van der Waals surface area contributed by atoms with Gasteiger partial charge in [-0.2, -0.15) is 0 Å². The molecule has 0 fully saturated rings. The third-order valence-corrected chi connectivity index (χ3v) is 3.00. The molecule has 0 aliphatic carbocycles. The summed E-state index contributed by atoms with van der Waals surface area (Å²) in [6, 6.07) is 8.59. The van der Waals surface area contributed by atoms with E-state index >= 15 is 0 Å². The van der Waals surface area contributed by atoms with Crippen LogP contribution in [0.15, 0.2) is 24.3 Å². The van der Waals surface area contributed by atoms with Gasteiger partial charge in [-0.1, -0.05) is 44.0 Å². The van der Waals surface area contributed by atoms with Crippen molar-refractivity contribution in [3.05, 3.63) is 35.4 Å². The SMILES string of the molecule is C#CCNC(=O)C[NH+](C)Cc1ccc(C(C)C)cc1. The Bertz CT molecular complexity index is 443. The zero-order valence-corrected chi connectivity index (χ0v) is 12.0. The van der Waals surface area contributed by atoms with Crippen LogP contribution in [0.3, 0.4) is 0 Å². The van der Waals surface area contributed by atoms with E-state index < -0.39 is 0 Å². The highest BCUT2D eigenvalue weighted by atomic mass is 16.1.